The lowest BCUT2D eigenvalue weighted by Crippen LogP contribution is -2.65. The van der Waals surface area contributed by atoms with Gasteiger partial charge in [-0.2, -0.15) is 5.26 Å². The first-order chi connectivity index (χ1) is 15.8. The number of fused-ring (bicyclic) bond motifs is 2. The molecule has 0 amide bonds. The lowest BCUT2D eigenvalue weighted by molar-refractivity contribution is -0.329. The maximum absolute atomic E-state index is 10.8. The summed E-state index contributed by atoms with van der Waals surface area (Å²) in [5, 5.41) is 54.9. The highest BCUT2D eigenvalue weighted by molar-refractivity contribution is 5.98. The summed E-state index contributed by atoms with van der Waals surface area (Å²) in [6, 6.07) is 14.7. The first-order valence-corrected chi connectivity index (χ1v) is 10.5. The molecule has 0 aliphatic carbocycles. The van der Waals surface area contributed by atoms with Crippen molar-refractivity contribution in [2.75, 3.05) is 20.3 Å². The van der Waals surface area contributed by atoms with E-state index in [0.29, 0.717) is 23.1 Å². The smallest absolute Gasteiger partial charge is 0.225 e. The normalized spacial score (nSPS) is 31.3. The Morgan fingerprint density at radius 1 is 1.18 bits per heavy atom. The molecular weight excluding hydrogens is 428 g/mol. The minimum Gasteiger partial charge on any atom is -0.399 e. The Kier molecular flexibility index (Phi) is 6.24. The van der Waals surface area contributed by atoms with Crippen molar-refractivity contribution < 1.29 is 34.7 Å². The van der Waals surface area contributed by atoms with Gasteiger partial charge in [0, 0.05) is 5.56 Å². The first kappa shape index (κ1) is 23.3. The van der Waals surface area contributed by atoms with Gasteiger partial charge in [0.05, 0.1) is 30.6 Å². The van der Waals surface area contributed by atoms with Gasteiger partial charge in [0.25, 0.3) is 0 Å². The number of nitrogens with zero attached hydrogens (tertiary/aromatic N) is 2. The van der Waals surface area contributed by atoms with Crippen LogP contribution in [0.3, 0.4) is 0 Å². The van der Waals surface area contributed by atoms with E-state index in [4.69, 9.17) is 14.3 Å². The number of ether oxygens (including phenoxy) is 2. The molecule has 2 aliphatic heterocycles. The van der Waals surface area contributed by atoms with Gasteiger partial charge in [-0.25, -0.2) is 0 Å². The van der Waals surface area contributed by atoms with Gasteiger partial charge in [-0.05, 0) is 42.2 Å². The highest BCUT2D eigenvalue weighted by Gasteiger charge is 2.67. The maximum atomic E-state index is 10.8. The fourth-order valence-electron chi connectivity index (χ4n) is 4.41. The molecule has 9 nitrogen and oxygen atoms in total. The van der Waals surface area contributed by atoms with Crippen LogP contribution in [0, 0.1) is 11.3 Å². The van der Waals surface area contributed by atoms with Crippen molar-refractivity contribution in [2.45, 2.75) is 43.0 Å². The molecule has 9 heteroatoms. The third-order valence-electron chi connectivity index (χ3n) is 6.35. The molecule has 0 radical (unpaired) electrons. The molecule has 2 aliphatic rings. The van der Waals surface area contributed by atoms with Gasteiger partial charge in [0.2, 0.25) is 5.79 Å². The molecule has 4 rings (SSSR count). The topological polar surface area (TPSA) is 145 Å². The average Bonchev–Trinajstić information content (AvgIpc) is 3.22. The molecule has 2 fully saturated rings. The summed E-state index contributed by atoms with van der Waals surface area (Å²) < 4.78 is 11.7. The summed E-state index contributed by atoms with van der Waals surface area (Å²) in [6.07, 6.45) is -4.29. The zero-order valence-corrected chi connectivity index (χ0v) is 18.3. The van der Waals surface area contributed by atoms with Crippen LogP contribution in [-0.4, -0.2) is 70.4 Å². The largest absolute Gasteiger partial charge is 0.399 e. The predicted molar refractivity (Wildman–Crippen MR) is 116 cm³/mol. The third-order valence-corrected chi connectivity index (χ3v) is 6.35. The van der Waals surface area contributed by atoms with Crippen LogP contribution in [0.2, 0.25) is 0 Å². The van der Waals surface area contributed by atoms with Crippen LogP contribution < -0.4 is 0 Å². The van der Waals surface area contributed by atoms with Gasteiger partial charge in [-0.3, -0.25) is 0 Å². The van der Waals surface area contributed by atoms with E-state index in [2.05, 4.69) is 11.2 Å². The number of rotatable bonds is 6. The van der Waals surface area contributed by atoms with Gasteiger partial charge >= 0.3 is 0 Å². The first-order valence-electron chi connectivity index (χ1n) is 10.5. The molecule has 4 N–H and O–H groups in total. The van der Waals surface area contributed by atoms with Gasteiger partial charge in [0.1, 0.15) is 31.0 Å². The number of nitriles is 1. The second kappa shape index (κ2) is 8.83. The number of benzene rings is 2. The summed E-state index contributed by atoms with van der Waals surface area (Å²) in [6.45, 7) is 1.03. The Labute approximate surface area is 191 Å². The quantitative estimate of drug-likeness (QED) is 0.366. The highest BCUT2D eigenvalue weighted by atomic mass is 16.8. The molecule has 2 saturated heterocycles. The van der Waals surface area contributed by atoms with E-state index >= 15 is 0 Å². The molecule has 2 aromatic rings. The summed E-state index contributed by atoms with van der Waals surface area (Å²) in [5.41, 5.74) is 2.51. The Morgan fingerprint density at radius 2 is 1.91 bits per heavy atom. The SMILES string of the molecule is CO/N=C(\C)c1ccc(Cc2cc([C@]34OC[C@](CO)(O3)[C@@H](O)[C@H](O)[C@H]4O)ccc2C#N)cc1. The number of aliphatic hydroxyl groups is 4. The molecule has 0 aromatic heterocycles. The average molecular weight is 454 g/mol. The van der Waals surface area contributed by atoms with Gasteiger partial charge in [-0.15, -0.1) is 0 Å². The van der Waals surface area contributed by atoms with Crippen LogP contribution in [-0.2, 0) is 26.5 Å². The van der Waals surface area contributed by atoms with Crippen LogP contribution in [0.4, 0.5) is 0 Å². The second-order valence-corrected chi connectivity index (χ2v) is 8.38. The van der Waals surface area contributed by atoms with Crippen molar-refractivity contribution in [3.8, 4) is 6.07 Å². The van der Waals surface area contributed by atoms with E-state index in [9.17, 15) is 25.7 Å². The van der Waals surface area contributed by atoms with E-state index in [-0.39, 0.29) is 6.61 Å². The van der Waals surface area contributed by atoms with Gasteiger partial charge < -0.3 is 34.7 Å². The maximum Gasteiger partial charge on any atom is 0.225 e. The Bertz CT molecular complexity index is 1100. The summed E-state index contributed by atoms with van der Waals surface area (Å²) in [5.74, 6) is -1.78. The number of hydrogen-bond donors (Lipinski definition) is 4. The third kappa shape index (κ3) is 3.81. The molecule has 33 heavy (non-hydrogen) atoms. The van der Waals surface area contributed by atoms with Crippen molar-refractivity contribution in [3.63, 3.8) is 0 Å². The van der Waals surface area contributed by atoms with Crippen LogP contribution in [0.25, 0.3) is 0 Å². The fraction of sp³-hybridized carbons (Fsp3) is 0.417. The fourth-order valence-corrected chi connectivity index (χ4v) is 4.41. The van der Waals surface area contributed by atoms with Crippen LogP contribution in [0.1, 0.15) is 34.7 Å². The second-order valence-electron chi connectivity index (χ2n) is 8.38. The number of hydrogen-bond acceptors (Lipinski definition) is 9. The van der Waals surface area contributed by atoms with Crippen LogP contribution >= 0.6 is 0 Å². The van der Waals surface area contributed by atoms with Crippen molar-refractivity contribution in [2.24, 2.45) is 5.16 Å². The predicted octanol–water partition coefficient (Wildman–Crippen LogP) is 0.546. The summed E-state index contributed by atoms with van der Waals surface area (Å²) in [7, 11) is 1.49. The van der Waals surface area contributed by atoms with E-state index in [0.717, 1.165) is 16.8 Å². The molecular formula is C24H26N2O7. The summed E-state index contributed by atoms with van der Waals surface area (Å²) >= 11 is 0. The molecule has 5 atom stereocenters. The van der Waals surface area contributed by atoms with E-state index in [1.165, 1.54) is 7.11 Å². The molecule has 174 valence electrons. The van der Waals surface area contributed by atoms with Gasteiger partial charge in [-0.1, -0.05) is 35.5 Å². The van der Waals surface area contributed by atoms with Crippen LogP contribution in [0.5, 0.6) is 0 Å². The minimum atomic E-state index is -1.78. The van der Waals surface area contributed by atoms with Gasteiger partial charge in [0.15, 0.2) is 0 Å². The van der Waals surface area contributed by atoms with E-state index in [1.807, 2.05) is 31.2 Å². The van der Waals surface area contributed by atoms with E-state index < -0.39 is 36.3 Å². The Hall–Kier alpha value is -2.84. The lowest BCUT2D eigenvalue weighted by atomic mass is 9.83. The van der Waals surface area contributed by atoms with Crippen molar-refractivity contribution in [1.82, 2.24) is 0 Å². The monoisotopic (exact) mass is 454 g/mol. The summed E-state index contributed by atoms with van der Waals surface area (Å²) in [4.78, 5) is 4.81. The Balaban J connectivity index is 1.68. The minimum absolute atomic E-state index is 0.210. The van der Waals surface area contributed by atoms with Crippen LogP contribution in [0.15, 0.2) is 47.6 Å². The van der Waals surface area contributed by atoms with Crippen molar-refractivity contribution in [3.05, 3.63) is 70.3 Å². The van der Waals surface area contributed by atoms with E-state index in [1.54, 1.807) is 18.2 Å². The highest BCUT2D eigenvalue weighted by Crippen LogP contribution is 2.49. The standard InChI is InChI=1S/C24H26N2O7/c1-14(26-31-2)16-5-3-15(4-6-16)9-18-10-19(8-7-17(18)11-25)24-22(30)20(28)21(29)23(12-27,33-24)13-32-24/h3-8,10,20-22,27-30H,9,12-13H2,1-2H3/b26-14+/t20-,21-,22+,23-,24-/m0/s1. The Morgan fingerprint density at radius 3 is 2.55 bits per heavy atom. The zero-order chi connectivity index (χ0) is 23.8. The molecule has 2 aromatic carbocycles. The molecule has 0 unspecified atom stereocenters. The zero-order valence-electron chi connectivity index (χ0n) is 18.3. The lowest BCUT2D eigenvalue weighted by Gasteiger charge is -2.46. The molecule has 0 saturated carbocycles. The number of aliphatic hydroxyl groups excluding tert-OH is 4. The molecule has 2 bridgehead atoms. The van der Waals surface area contributed by atoms with Crippen molar-refractivity contribution in [1.29, 1.82) is 5.26 Å². The van der Waals surface area contributed by atoms with Crippen molar-refractivity contribution >= 4 is 5.71 Å². The number of oxime groups is 1. The molecule has 2 heterocycles. The molecule has 0 spiro atoms.